The number of hydrogen-bond donors (Lipinski definition) is 1. The van der Waals surface area contributed by atoms with Crippen molar-refractivity contribution in [1.29, 1.82) is 0 Å². The lowest BCUT2D eigenvalue weighted by Crippen LogP contribution is -2.43. The quantitative estimate of drug-likeness (QED) is 0.840. The summed E-state index contributed by atoms with van der Waals surface area (Å²) in [5.74, 6) is -0.773. The van der Waals surface area contributed by atoms with E-state index in [0.29, 0.717) is 31.9 Å². The zero-order valence-corrected chi connectivity index (χ0v) is 16.1. The normalized spacial score (nSPS) is 18.7. The van der Waals surface area contributed by atoms with Crippen molar-refractivity contribution in [2.75, 3.05) is 20.1 Å². The van der Waals surface area contributed by atoms with Crippen LogP contribution in [0.2, 0.25) is 0 Å². The lowest BCUT2D eigenvalue weighted by Gasteiger charge is -2.31. The van der Waals surface area contributed by atoms with Gasteiger partial charge in [-0.25, -0.2) is 4.79 Å². The van der Waals surface area contributed by atoms with Gasteiger partial charge >= 0.3 is 11.7 Å². The second-order valence-electron chi connectivity index (χ2n) is 7.24. The first-order valence-corrected chi connectivity index (χ1v) is 9.54. The Labute approximate surface area is 167 Å². The van der Waals surface area contributed by atoms with Crippen LogP contribution < -0.4 is 5.56 Å². The first kappa shape index (κ1) is 19.0. The summed E-state index contributed by atoms with van der Waals surface area (Å²) < 4.78 is 7.01. The van der Waals surface area contributed by atoms with E-state index in [9.17, 15) is 19.5 Å². The highest BCUT2D eigenvalue weighted by Gasteiger charge is 2.37. The van der Waals surface area contributed by atoms with Crippen LogP contribution in [0.4, 0.5) is 4.79 Å². The first-order valence-electron chi connectivity index (χ1n) is 9.54. The van der Waals surface area contributed by atoms with Crippen molar-refractivity contribution in [1.82, 2.24) is 19.4 Å². The van der Waals surface area contributed by atoms with Crippen molar-refractivity contribution in [2.45, 2.75) is 32.0 Å². The topological polar surface area (TPSA) is 105 Å². The van der Waals surface area contributed by atoms with Crippen molar-refractivity contribution in [2.24, 2.45) is 0 Å². The van der Waals surface area contributed by atoms with Gasteiger partial charge in [0.1, 0.15) is 12.4 Å². The average Bonchev–Trinajstić information content (AvgIpc) is 3.21. The molecule has 0 radical (unpaired) electrons. The molecule has 1 atom stereocenters. The predicted molar refractivity (Wildman–Crippen MR) is 102 cm³/mol. The number of aromatic hydroxyl groups is 1. The van der Waals surface area contributed by atoms with Crippen LogP contribution in [0, 0.1) is 0 Å². The lowest BCUT2D eigenvalue weighted by molar-refractivity contribution is 0.0730. The molecule has 1 N–H and O–H groups in total. The number of carbonyl (C=O) groups is 2. The van der Waals surface area contributed by atoms with Crippen LogP contribution in [0.25, 0.3) is 0 Å². The summed E-state index contributed by atoms with van der Waals surface area (Å²) in [5, 5.41) is 10.1. The zero-order valence-electron chi connectivity index (χ0n) is 16.1. The predicted octanol–water partition coefficient (Wildman–Crippen LogP) is 1.51. The second kappa shape index (κ2) is 7.57. The Bertz CT molecular complexity index is 1000. The van der Waals surface area contributed by atoms with Gasteiger partial charge in [0.05, 0.1) is 6.04 Å². The number of nitrogens with zero attached hydrogens (tertiary/aromatic N) is 4. The summed E-state index contributed by atoms with van der Waals surface area (Å²) in [6, 6.07) is 8.88. The van der Waals surface area contributed by atoms with Crippen LogP contribution in [0.15, 0.2) is 35.1 Å². The summed E-state index contributed by atoms with van der Waals surface area (Å²) in [6.07, 6.45) is 0.832. The van der Waals surface area contributed by atoms with Gasteiger partial charge in [-0.2, -0.15) is 4.98 Å². The number of likely N-dealkylation sites (N-methyl/N-ethyl adjacent to an activating group) is 1. The summed E-state index contributed by atoms with van der Waals surface area (Å²) in [4.78, 5) is 44.4. The van der Waals surface area contributed by atoms with Gasteiger partial charge in [-0.1, -0.05) is 30.3 Å². The van der Waals surface area contributed by atoms with E-state index in [1.807, 2.05) is 30.3 Å². The molecule has 2 amide bonds. The van der Waals surface area contributed by atoms with Crippen LogP contribution >= 0.6 is 0 Å². The number of hydrogen-bond acceptors (Lipinski definition) is 6. The van der Waals surface area contributed by atoms with E-state index in [2.05, 4.69) is 4.98 Å². The van der Waals surface area contributed by atoms with Crippen LogP contribution in [0.5, 0.6) is 5.75 Å². The average molecular weight is 398 g/mol. The van der Waals surface area contributed by atoms with Gasteiger partial charge in [0.15, 0.2) is 5.69 Å². The molecule has 3 heterocycles. The van der Waals surface area contributed by atoms with Crippen molar-refractivity contribution in [3.05, 3.63) is 57.8 Å². The van der Waals surface area contributed by atoms with Gasteiger partial charge in [-0.15, -0.1) is 0 Å². The maximum atomic E-state index is 12.7. The van der Waals surface area contributed by atoms with Crippen LogP contribution in [0.1, 0.15) is 40.8 Å². The fourth-order valence-corrected chi connectivity index (χ4v) is 3.85. The molecule has 0 bridgehead atoms. The lowest BCUT2D eigenvalue weighted by atomic mass is 10.1. The Morgan fingerprint density at radius 3 is 2.72 bits per heavy atom. The number of likely N-dealkylation sites (tertiary alicyclic amines) is 1. The van der Waals surface area contributed by atoms with Gasteiger partial charge < -0.3 is 19.3 Å². The van der Waals surface area contributed by atoms with Gasteiger partial charge in [-0.3, -0.25) is 14.5 Å². The minimum absolute atomic E-state index is 0.0711. The molecule has 1 aromatic carbocycles. The Kier molecular flexibility index (Phi) is 4.96. The molecule has 29 heavy (non-hydrogen) atoms. The molecule has 4 rings (SSSR count). The summed E-state index contributed by atoms with van der Waals surface area (Å²) in [7, 11) is 1.61. The SMILES string of the molecule is CN1CCn2c([C@@H]3CCCN3C(=O)OCc3ccccc3)nc(=O)c(O)c2C1=O. The summed E-state index contributed by atoms with van der Waals surface area (Å²) >= 11 is 0. The molecule has 0 aliphatic carbocycles. The minimum atomic E-state index is -0.862. The molecule has 2 aromatic rings. The maximum Gasteiger partial charge on any atom is 0.410 e. The first-order chi connectivity index (χ1) is 14.0. The van der Waals surface area contributed by atoms with Crippen molar-refractivity contribution < 1.29 is 19.4 Å². The Hall–Kier alpha value is -3.36. The Morgan fingerprint density at radius 1 is 1.21 bits per heavy atom. The smallest absolute Gasteiger partial charge is 0.410 e. The molecule has 0 saturated carbocycles. The van der Waals surface area contributed by atoms with E-state index in [1.165, 1.54) is 9.80 Å². The van der Waals surface area contributed by atoms with Gasteiger partial charge in [0.2, 0.25) is 5.75 Å². The molecular weight excluding hydrogens is 376 g/mol. The molecular formula is C20H22N4O5. The molecule has 0 unspecified atom stereocenters. The highest BCUT2D eigenvalue weighted by Crippen LogP contribution is 2.33. The highest BCUT2D eigenvalue weighted by molar-refractivity contribution is 5.95. The molecule has 152 valence electrons. The van der Waals surface area contributed by atoms with Crippen LogP contribution in [-0.4, -0.2) is 56.6 Å². The number of rotatable bonds is 3. The molecule has 1 saturated heterocycles. The molecule has 1 aromatic heterocycles. The Morgan fingerprint density at radius 2 is 1.97 bits per heavy atom. The van der Waals surface area contributed by atoms with Crippen LogP contribution in [0.3, 0.4) is 0 Å². The van der Waals surface area contributed by atoms with Gasteiger partial charge in [0, 0.05) is 26.7 Å². The highest BCUT2D eigenvalue weighted by atomic mass is 16.6. The number of fused-ring (bicyclic) bond motifs is 1. The monoisotopic (exact) mass is 398 g/mol. The molecule has 2 aliphatic rings. The van der Waals surface area contributed by atoms with E-state index >= 15 is 0 Å². The number of ether oxygens (including phenoxy) is 1. The van der Waals surface area contributed by atoms with Crippen LogP contribution in [-0.2, 0) is 17.9 Å². The standard InChI is InChI=1S/C20H22N4O5/c1-22-10-11-24-15(19(22)27)16(25)18(26)21-17(24)14-8-5-9-23(14)20(28)29-12-13-6-3-2-4-7-13/h2-4,6-7,14,25H,5,8-12H2,1H3/t14-/m0/s1. The fourth-order valence-electron chi connectivity index (χ4n) is 3.85. The van der Waals surface area contributed by atoms with Gasteiger partial charge in [-0.05, 0) is 18.4 Å². The summed E-state index contributed by atoms with van der Waals surface area (Å²) in [6.45, 7) is 1.43. The number of carbonyl (C=O) groups excluding carboxylic acids is 2. The molecule has 9 nitrogen and oxygen atoms in total. The summed E-state index contributed by atoms with van der Waals surface area (Å²) in [5.41, 5.74) is -0.0563. The van der Waals surface area contributed by atoms with Crippen molar-refractivity contribution in [3.63, 3.8) is 0 Å². The molecule has 9 heteroatoms. The fraction of sp³-hybridized carbons (Fsp3) is 0.400. The van der Waals surface area contributed by atoms with Gasteiger partial charge in [0.25, 0.3) is 5.91 Å². The third-order valence-corrected chi connectivity index (χ3v) is 5.39. The third kappa shape index (κ3) is 3.43. The molecule has 0 spiro atoms. The zero-order chi connectivity index (χ0) is 20.5. The number of aromatic nitrogens is 2. The second-order valence-corrected chi connectivity index (χ2v) is 7.24. The third-order valence-electron chi connectivity index (χ3n) is 5.39. The van der Waals surface area contributed by atoms with E-state index in [0.717, 1.165) is 12.0 Å². The largest absolute Gasteiger partial charge is 0.501 e. The number of benzene rings is 1. The van der Waals surface area contributed by atoms with E-state index in [4.69, 9.17) is 4.74 Å². The van der Waals surface area contributed by atoms with E-state index in [1.54, 1.807) is 11.6 Å². The minimum Gasteiger partial charge on any atom is -0.501 e. The van der Waals surface area contributed by atoms with E-state index in [-0.39, 0.29) is 12.3 Å². The molecule has 1 fully saturated rings. The maximum absolute atomic E-state index is 12.7. The van der Waals surface area contributed by atoms with E-state index < -0.39 is 29.4 Å². The van der Waals surface area contributed by atoms with Crippen molar-refractivity contribution in [3.8, 4) is 5.75 Å². The number of amides is 2. The Balaban J connectivity index is 1.62. The van der Waals surface area contributed by atoms with Crippen molar-refractivity contribution >= 4 is 12.0 Å². The molecule has 2 aliphatic heterocycles.